The number of benzene rings is 5. The molecule has 47 heavy (non-hydrogen) atoms. The molecule has 0 spiro atoms. The summed E-state index contributed by atoms with van der Waals surface area (Å²) < 4.78 is 47.7. The number of hydrogen-bond acceptors (Lipinski definition) is 5. The van der Waals surface area contributed by atoms with Crippen molar-refractivity contribution in [2.75, 3.05) is 7.11 Å². The smallest absolute Gasteiger partial charge is 0.337 e. The molecule has 0 aliphatic rings. The second-order valence-electron chi connectivity index (χ2n) is 10.4. The molecular formula is C37H22ClF2N3O3S. The first-order valence-electron chi connectivity index (χ1n) is 14.1. The molecule has 1 atom stereocenters. The number of ether oxygens (including phenoxy) is 1. The lowest BCUT2D eigenvalue weighted by Crippen LogP contribution is -2.07. The van der Waals surface area contributed by atoms with E-state index in [0.717, 1.165) is 0 Å². The minimum atomic E-state index is -2.69. The Morgan fingerprint density at radius 2 is 1.49 bits per heavy atom. The minimum Gasteiger partial charge on any atom is -0.465 e. The maximum atomic E-state index is 14.5. The number of hydrogen-bond donors (Lipinski definition) is 0. The lowest BCUT2D eigenvalue weighted by atomic mass is 9.90. The molecule has 5 aromatic carbocycles. The van der Waals surface area contributed by atoms with Crippen LogP contribution in [0, 0.1) is 22.7 Å². The number of carbonyl (C=O) groups excluding carboxylic acids is 1. The van der Waals surface area contributed by atoms with Gasteiger partial charge >= 0.3 is 5.97 Å². The van der Waals surface area contributed by atoms with Gasteiger partial charge in [0.15, 0.2) is 11.0 Å². The predicted octanol–water partition coefficient (Wildman–Crippen LogP) is 9.33. The number of aromatic nitrogens is 1. The number of fused-ring (bicyclic) bond motifs is 1. The normalized spacial score (nSPS) is 11.6. The van der Waals surface area contributed by atoms with Gasteiger partial charge in [-0.05, 0) is 54.1 Å². The van der Waals surface area contributed by atoms with Gasteiger partial charge in [0.1, 0.15) is 0 Å². The Bertz CT molecular complexity index is 2270. The Morgan fingerprint density at radius 1 is 0.830 bits per heavy atom. The van der Waals surface area contributed by atoms with Crippen molar-refractivity contribution in [3.63, 3.8) is 0 Å². The molecule has 6 rings (SSSR count). The SMILES string of the molecule is COC(=O)c1ccc(-c2cccc(-c3c(-c4c(C#N)cccc4C#N)c4ccccc4n3S(=O)c3ccc(C(F)F)cc3)c2)c(Cl)c1. The van der Waals surface area contributed by atoms with Crippen molar-refractivity contribution in [3.8, 4) is 45.6 Å². The summed E-state index contributed by atoms with van der Waals surface area (Å²) in [7, 11) is -0.680. The Kier molecular flexibility index (Phi) is 8.69. The molecule has 0 amide bonds. The number of alkyl halides is 2. The Labute approximate surface area is 276 Å². The van der Waals surface area contributed by atoms with Gasteiger partial charge in [-0.3, -0.25) is 3.97 Å². The quantitative estimate of drug-likeness (QED) is 0.159. The Balaban J connectivity index is 1.68. The molecule has 0 bridgehead atoms. The molecule has 0 fully saturated rings. The van der Waals surface area contributed by atoms with Gasteiger partial charge < -0.3 is 4.74 Å². The Hall–Kier alpha value is -5.61. The van der Waals surface area contributed by atoms with Crippen LogP contribution in [0.5, 0.6) is 0 Å². The lowest BCUT2D eigenvalue weighted by Gasteiger charge is -2.15. The highest BCUT2D eigenvalue weighted by atomic mass is 35.5. The summed E-state index contributed by atoms with van der Waals surface area (Å²) >= 11 is 6.64. The van der Waals surface area contributed by atoms with Crippen LogP contribution in [-0.4, -0.2) is 21.3 Å². The third-order valence-corrected chi connectivity index (χ3v) is 9.42. The van der Waals surface area contributed by atoms with Crippen LogP contribution in [0.1, 0.15) is 33.5 Å². The topological polar surface area (TPSA) is 95.9 Å². The van der Waals surface area contributed by atoms with Gasteiger partial charge in [0.25, 0.3) is 6.43 Å². The van der Waals surface area contributed by atoms with E-state index in [-0.39, 0.29) is 27.1 Å². The lowest BCUT2D eigenvalue weighted by molar-refractivity contribution is 0.0600. The van der Waals surface area contributed by atoms with Crippen molar-refractivity contribution >= 4 is 39.5 Å². The third kappa shape index (κ3) is 5.68. The van der Waals surface area contributed by atoms with Gasteiger partial charge in [-0.1, -0.05) is 72.3 Å². The fraction of sp³-hybridized carbons (Fsp3) is 0.0541. The summed E-state index contributed by atoms with van der Waals surface area (Å²) in [6.07, 6.45) is -2.69. The van der Waals surface area contributed by atoms with Crippen LogP contribution in [-0.2, 0) is 15.7 Å². The monoisotopic (exact) mass is 661 g/mol. The van der Waals surface area contributed by atoms with Crippen LogP contribution in [0.2, 0.25) is 5.02 Å². The van der Waals surface area contributed by atoms with Crippen molar-refractivity contribution in [2.45, 2.75) is 11.3 Å². The van der Waals surface area contributed by atoms with Gasteiger partial charge in [-0.25, -0.2) is 17.8 Å². The number of nitrogens with zero attached hydrogens (tertiary/aromatic N) is 3. The molecule has 1 unspecified atom stereocenters. The molecule has 0 saturated carbocycles. The first-order chi connectivity index (χ1) is 22.8. The van der Waals surface area contributed by atoms with Crippen LogP contribution < -0.4 is 0 Å². The first kappa shape index (κ1) is 31.4. The molecule has 0 saturated heterocycles. The largest absolute Gasteiger partial charge is 0.465 e. The zero-order chi connectivity index (χ0) is 33.2. The summed E-state index contributed by atoms with van der Waals surface area (Å²) in [5, 5.41) is 21.3. The van der Waals surface area contributed by atoms with Crippen molar-refractivity contribution < 1.29 is 22.5 Å². The van der Waals surface area contributed by atoms with E-state index in [9.17, 15) is 28.3 Å². The van der Waals surface area contributed by atoms with Crippen molar-refractivity contribution in [2.24, 2.45) is 0 Å². The molecule has 10 heteroatoms. The standard InChI is InChI=1S/C37H22ClF2N3O3S/c1-46-37(44)25-14-17-29(31(38)19-25)23-6-4-7-24(18-23)35-34(33-26(20-41)8-5-9-27(33)21-42)30-10-2-3-11-32(30)43(35)47(45)28-15-12-22(13-16-28)36(39)40/h2-19,36H,1H3. The Morgan fingerprint density at radius 3 is 2.13 bits per heavy atom. The molecule has 6 aromatic rings. The molecular weight excluding hydrogens is 640 g/mol. The number of esters is 1. The molecule has 230 valence electrons. The van der Waals surface area contributed by atoms with Crippen molar-refractivity contribution in [1.82, 2.24) is 3.97 Å². The second-order valence-corrected chi connectivity index (χ2v) is 12.1. The van der Waals surface area contributed by atoms with E-state index in [1.807, 2.05) is 24.3 Å². The maximum absolute atomic E-state index is 14.5. The number of rotatable bonds is 7. The van der Waals surface area contributed by atoms with Crippen LogP contribution in [0.15, 0.2) is 114 Å². The minimum absolute atomic E-state index is 0.201. The molecule has 6 nitrogen and oxygen atoms in total. The maximum Gasteiger partial charge on any atom is 0.337 e. The second kappa shape index (κ2) is 13.0. The van der Waals surface area contributed by atoms with Crippen molar-refractivity contribution in [3.05, 3.63) is 136 Å². The van der Waals surface area contributed by atoms with E-state index < -0.39 is 23.4 Å². The fourth-order valence-corrected chi connectivity index (χ4v) is 7.14. The molecule has 0 aliphatic carbocycles. The number of halogens is 3. The van der Waals surface area contributed by atoms with E-state index in [0.29, 0.717) is 49.4 Å². The summed E-state index contributed by atoms with van der Waals surface area (Å²) in [4.78, 5) is 12.4. The van der Waals surface area contributed by atoms with Gasteiger partial charge in [0, 0.05) is 38.2 Å². The molecule has 1 heterocycles. The van der Waals surface area contributed by atoms with Crippen LogP contribution in [0.25, 0.3) is 44.4 Å². The number of carbonyl (C=O) groups is 1. The predicted molar refractivity (Wildman–Crippen MR) is 177 cm³/mol. The molecule has 1 aromatic heterocycles. The zero-order valence-corrected chi connectivity index (χ0v) is 26.2. The summed E-state index contributed by atoms with van der Waals surface area (Å²) in [5.74, 6) is -0.533. The third-order valence-electron chi connectivity index (χ3n) is 7.72. The van der Waals surface area contributed by atoms with E-state index in [1.54, 1.807) is 58.6 Å². The van der Waals surface area contributed by atoms with Gasteiger partial charge in [0.05, 0.1) is 52.0 Å². The first-order valence-corrected chi connectivity index (χ1v) is 15.6. The summed E-state index contributed by atoms with van der Waals surface area (Å²) in [5.41, 5.74) is 4.30. The zero-order valence-electron chi connectivity index (χ0n) is 24.6. The van der Waals surface area contributed by atoms with Crippen molar-refractivity contribution in [1.29, 1.82) is 10.5 Å². The molecule has 0 aliphatic heterocycles. The van der Waals surface area contributed by atoms with Gasteiger partial charge in [-0.15, -0.1) is 0 Å². The average Bonchev–Trinajstić information content (AvgIpc) is 3.45. The highest BCUT2D eigenvalue weighted by Gasteiger charge is 2.27. The number of nitriles is 2. The van der Waals surface area contributed by atoms with E-state index in [1.165, 1.54) is 37.4 Å². The van der Waals surface area contributed by atoms with E-state index in [4.69, 9.17) is 16.3 Å². The van der Waals surface area contributed by atoms with E-state index in [2.05, 4.69) is 12.1 Å². The number of methoxy groups -OCH3 is 1. The summed E-state index contributed by atoms with van der Waals surface area (Å²) in [6.45, 7) is 0. The van der Waals surface area contributed by atoms with E-state index >= 15 is 0 Å². The summed E-state index contributed by atoms with van der Waals surface area (Å²) in [6, 6.07) is 33.8. The fourth-order valence-electron chi connectivity index (χ4n) is 5.57. The molecule has 0 radical (unpaired) electrons. The highest BCUT2D eigenvalue weighted by molar-refractivity contribution is 7.83. The van der Waals surface area contributed by atoms with Gasteiger partial charge in [0.2, 0.25) is 0 Å². The van der Waals surface area contributed by atoms with Crippen LogP contribution >= 0.6 is 11.6 Å². The average molecular weight is 662 g/mol. The van der Waals surface area contributed by atoms with Gasteiger partial charge in [-0.2, -0.15) is 10.5 Å². The highest BCUT2D eigenvalue weighted by Crippen LogP contribution is 2.45. The molecule has 0 N–H and O–H groups in total. The van der Waals surface area contributed by atoms with Crippen LogP contribution in [0.4, 0.5) is 8.78 Å². The number of para-hydroxylation sites is 1. The van der Waals surface area contributed by atoms with Crippen LogP contribution in [0.3, 0.4) is 0 Å².